The molecule has 0 N–H and O–H groups in total. The molecule has 0 amide bonds. The van der Waals surface area contributed by atoms with Crippen LogP contribution >= 0.6 is 11.8 Å². The van der Waals surface area contributed by atoms with Crippen molar-refractivity contribution in [2.45, 2.75) is 12.1 Å². The van der Waals surface area contributed by atoms with Crippen molar-refractivity contribution in [3.05, 3.63) is 65.5 Å². The molecule has 30 heavy (non-hydrogen) atoms. The molecule has 152 valence electrons. The zero-order valence-electron chi connectivity index (χ0n) is 17.0. The molecule has 0 saturated carbocycles. The molecule has 3 aromatic rings. The minimum atomic E-state index is -0.231. The molecule has 0 bridgehead atoms. The van der Waals surface area contributed by atoms with Crippen LogP contribution in [0.15, 0.2) is 53.7 Å². The molecule has 0 aliphatic carbocycles. The molecule has 7 heteroatoms. The van der Waals surface area contributed by atoms with Crippen molar-refractivity contribution in [3.63, 3.8) is 0 Å². The fraction of sp³-hybridized carbons (Fsp3) is 0.261. The molecule has 2 heterocycles. The number of anilines is 2. The second-order valence-electron chi connectivity index (χ2n) is 7.19. The standard InChI is InChI=1S/C23H22FN5S/c1-16-3-5-17(6-4-16)21-20(15-25)22(27-23(26-21)30-2)29-13-11-28(12-14-29)19-9-7-18(24)8-10-19/h3-10H,11-14H2,1-2H3. The average molecular weight is 420 g/mol. The van der Waals surface area contributed by atoms with Gasteiger partial charge in [-0.2, -0.15) is 5.26 Å². The maximum Gasteiger partial charge on any atom is 0.189 e. The number of rotatable bonds is 4. The van der Waals surface area contributed by atoms with Crippen molar-refractivity contribution in [2.75, 3.05) is 42.2 Å². The summed E-state index contributed by atoms with van der Waals surface area (Å²) in [5.41, 5.74) is 4.26. The molecule has 1 aromatic heterocycles. The first-order valence-corrected chi connectivity index (χ1v) is 11.0. The third kappa shape index (κ3) is 4.10. The van der Waals surface area contributed by atoms with E-state index in [1.54, 1.807) is 12.1 Å². The molecule has 5 nitrogen and oxygen atoms in total. The van der Waals surface area contributed by atoms with E-state index >= 15 is 0 Å². The number of aryl methyl sites for hydroxylation is 1. The highest BCUT2D eigenvalue weighted by atomic mass is 32.2. The van der Waals surface area contributed by atoms with Crippen LogP contribution in [0.4, 0.5) is 15.9 Å². The minimum absolute atomic E-state index is 0.231. The third-order valence-electron chi connectivity index (χ3n) is 5.26. The highest BCUT2D eigenvalue weighted by molar-refractivity contribution is 7.98. The van der Waals surface area contributed by atoms with Gasteiger partial charge in [0.1, 0.15) is 17.4 Å². The summed E-state index contributed by atoms with van der Waals surface area (Å²) in [4.78, 5) is 13.7. The Morgan fingerprint density at radius 3 is 2.17 bits per heavy atom. The number of nitrogens with zero attached hydrogens (tertiary/aromatic N) is 5. The van der Waals surface area contributed by atoms with Gasteiger partial charge in [0.05, 0.1) is 5.69 Å². The van der Waals surface area contributed by atoms with E-state index in [9.17, 15) is 9.65 Å². The fourth-order valence-electron chi connectivity index (χ4n) is 3.60. The van der Waals surface area contributed by atoms with Crippen LogP contribution in [0.2, 0.25) is 0 Å². The van der Waals surface area contributed by atoms with Gasteiger partial charge in [0, 0.05) is 37.4 Å². The van der Waals surface area contributed by atoms with Crippen molar-refractivity contribution in [2.24, 2.45) is 0 Å². The van der Waals surface area contributed by atoms with E-state index in [0.717, 1.165) is 43.0 Å². The second kappa shape index (κ2) is 8.72. The van der Waals surface area contributed by atoms with Gasteiger partial charge in [-0.15, -0.1) is 0 Å². The number of hydrogen-bond acceptors (Lipinski definition) is 6. The van der Waals surface area contributed by atoms with Gasteiger partial charge in [-0.3, -0.25) is 0 Å². The molecule has 0 radical (unpaired) electrons. The summed E-state index contributed by atoms with van der Waals surface area (Å²) in [5.74, 6) is 0.455. The van der Waals surface area contributed by atoms with E-state index in [1.165, 1.54) is 23.9 Å². The van der Waals surface area contributed by atoms with Crippen LogP contribution < -0.4 is 9.80 Å². The Morgan fingerprint density at radius 1 is 0.933 bits per heavy atom. The normalized spacial score (nSPS) is 13.9. The van der Waals surface area contributed by atoms with Crippen molar-refractivity contribution in [3.8, 4) is 17.3 Å². The van der Waals surface area contributed by atoms with Gasteiger partial charge in [0.15, 0.2) is 11.0 Å². The Balaban J connectivity index is 1.64. The van der Waals surface area contributed by atoms with Crippen LogP contribution in [0.25, 0.3) is 11.3 Å². The third-order valence-corrected chi connectivity index (χ3v) is 5.81. The first-order valence-electron chi connectivity index (χ1n) is 9.77. The highest BCUT2D eigenvalue weighted by Gasteiger charge is 2.24. The summed E-state index contributed by atoms with van der Waals surface area (Å²) in [6.45, 7) is 5.03. The number of benzene rings is 2. The lowest BCUT2D eigenvalue weighted by molar-refractivity contribution is 0.623. The Morgan fingerprint density at radius 2 is 1.57 bits per heavy atom. The molecule has 1 aliphatic heterocycles. The number of thioether (sulfide) groups is 1. The maximum absolute atomic E-state index is 13.2. The van der Waals surface area contributed by atoms with Gasteiger partial charge >= 0.3 is 0 Å². The molecule has 0 unspecified atom stereocenters. The zero-order chi connectivity index (χ0) is 21.1. The monoisotopic (exact) mass is 419 g/mol. The van der Waals surface area contributed by atoms with Crippen LogP contribution in [-0.2, 0) is 0 Å². The number of piperazine rings is 1. The number of aromatic nitrogens is 2. The van der Waals surface area contributed by atoms with Crippen molar-refractivity contribution in [1.82, 2.24) is 9.97 Å². The molecule has 1 saturated heterocycles. The van der Waals surface area contributed by atoms with E-state index in [0.29, 0.717) is 22.2 Å². The number of nitriles is 1. The van der Waals surface area contributed by atoms with E-state index in [-0.39, 0.29) is 5.82 Å². The van der Waals surface area contributed by atoms with Crippen LogP contribution in [-0.4, -0.2) is 42.4 Å². The minimum Gasteiger partial charge on any atom is -0.368 e. The van der Waals surface area contributed by atoms with Crippen LogP contribution in [0.5, 0.6) is 0 Å². The lowest BCUT2D eigenvalue weighted by Crippen LogP contribution is -2.47. The Hall–Kier alpha value is -3.11. The molecular weight excluding hydrogens is 397 g/mol. The summed E-state index contributed by atoms with van der Waals surface area (Å²) in [5, 5.41) is 10.6. The Labute approximate surface area is 180 Å². The van der Waals surface area contributed by atoms with E-state index < -0.39 is 0 Å². The Kier molecular flexibility index (Phi) is 5.86. The topological polar surface area (TPSA) is 56.1 Å². The quantitative estimate of drug-likeness (QED) is 0.458. The van der Waals surface area contributed by atoms with Gasteiger partial charge in [-0.1, -0.05) is 41.6 Å². The number of halogens is 1. The summed E-state index contributed by atoms with van der Waals surface area (Å²) in [7, 11) is 0. The summed E-state index contributed by atoms with van der Waals surface area (Å²) >= 11 is 1.47. The molecule has 4 rings (SSSR count). The first kappa shape index (κ1) is 20.2. The van der Waals surface area contributed by atoms with Gasteiger partial charge in [0.25, 0.3) is 0 Å². The largest absolute Gasteiger partial charge is 0.368 e. The Bertz CT molecular complexity index is 1070. The predicted octanol–water partition coefficient (Wildman–Crippen LogP) is 4.51. The smallest absolute Gasteiger partial charge is 0.189 e. The van der Waals surface area contributed by atoms with E-state index in [1.807, 2.05) is 37.4 Å². The first-order chi connectivity index (χ1) is 14.6. The lowest BCUT2D eigenvalue weighted by Gasteiger charge is -2.37. The highest BCUT2D eigenvalue weighted by Crippen LogP contribution is 2.31. The van der Waals surface area contributed by atoms with Gasteiger partial charge in [-0.25, -0.2) is 14.4 Å². The van der Waals surface area contributed by atoms with Crippen molar-refractivity contribution in [1.29, 1.82) is 5.26 Å². The number of hydrogen-bond donors (Lipinski definition) is 0. The average Bonchev–Trinajstić information content (AvgIpc) is 2.79. The van der Waals surface area contributed by atoms with Crippen LogP contribution in [0, 0.1) is 24.1 Å². The van der Waals surface area contributed by atoms with Gasteiger partial charge in [0.2, 0.25) is 0 Å². The SMILES string of the molecule is CSc1nc(-c2ccc(C)cc2)c(C#N)c(N2CCN(c3ccc(F)cc3)CC2)n1. The van der Waals surface area contributed by atoms with E-state index in [4.69, 9.17) is 0 Å². The molecule has 1 fully saturated rings. The maximum atomic E-state index is 13.2. The fourth-order valence-corrected chi connectivity index (χ4v) is 3.96. The molecule has 0 atom stereocenters. The van der Waals surface area contributed by atoms with Crippen LogP contribution in [0.3, 0.4) is 0 Å². The summed E-state index contributed by atoms with van der Waals surface area (Å²) < 4.78 is 13.2. The van der Waals surface area contributed by atoms with Crippen molar-refractivity contribution < 1.29 is 4.39 Å². The van der Waals surface area contributed by atoms with Crippen molar-refractivity contribution >= 4 is 23.3 Å². The van der Waals surface area contributed by atoms with Gasteiger partial charge < -0.3 is 9.80 Å². The predicted molar refractivity (Wildman–Crippen MR) is 120 cm³/mol. The summed E-state index contributed by atoms with van der Waals surface area (Å²) in [6, 6.07) is 17.0. The molecule has 1 aliphatic rings. The van der Waals surface area contributed by atoms with E-state index in [2.05, 4.69) is 25.8 Å². The second-order valence-corrected chi connectivity index (χ2v) is 7.96. The summed E-state index contributed by atoms with van der Waals surface area (Å²) in [6.07, 6.45) is 1.94. The lowest BCUT2D eigenvalue weighted by atomic mass is 10.0. The van der Waals surface area contributed by atoms with Gasteiger partial charge in [-0.05, 0) is 37.4 Å². The zero-order valence-corrected chi connectivity index (χ0v) is 17.8. The molecule has 2 aromatic carbocycles. The molecular formula is C23H22FN5S. The molecule has 0 spiro atoms. The van der Waals surface area contributed by atoms with Crippen LogP contribution in [0.1, 0.15) is 11.1 Å².